The van der Waals surface area contributed by atoms with Crippen molar-refractivity contribution in [3.05, 3.63) is 40.6 Å². The van der Waals surface area contributed by atoms with Gasteiger partial charge >= 0.3 is 5.97 Å². The lowest BCUT2D eigenvalue weighted by atomic mass is 10.0. The molecule has 0 radical (unpaired) electrons. The molecule has 2 aromatic rings. The molecule has 0 aliphatic rings. The summed E-state index contributed by atoms with van der Waals surface area (Å²) in [6, 6.07) is 5.49. The Labute approximate surface area is 114 Å². The molecular formula is C13H13N3O4. The summed E-state index contributed by atoms with van der Waals surface area (Å²) in [6.07, 6.45) is 0. The molecule has 0 saturated heterocycles. The number of nitrogen functional groups attached to an aromatic ring is 1. The third kappa shape index (κ3) is 2.82. The Morgan fingerprint density at radius 1 is 1.30 bits per heavy atom. The summed E-state index contributed by atoms with van der Waals surface area (Å²) in [4.78, 5) is 23.6. The van der Waals surface area contributed by atoms with Gasteiger partial charge < -0.3 is 10.5 Å². The zero-order chi connectivity index (χ0) is 14.7. The molecule has 7 heteroatoms. The second-order valence-corrected chi connectivity index (χ2v) is 4.32. The van der Waals surface area contributed by atoms with Crippen LogP contribution in [0.15, 0.2) is 22.8 Å². The van der Waals surface area contributed by atoms with E-state index >= 15 is 0 Å². The Balaban J connectivity index is 2.04. The van der Waals surface area contributed by atoms with Crippen LogP contribution in [-0.4, -0.2) is 28.7 Å². The van der Waals surface area contributed by atoms with E-state index in [1.54, 1.807) is 6.07 Å². The van der Waals surface area contributed by atoms with Gasteiger partial charge in [0.05, 0.1) is 0 Å². The van der Waals surface area contributed by atoms with Crippen LogP contribution in [0.25, 0.3) is 0 Å². The molecule has 0 atom stereocenters. The highest BCUT2D eigenvalue weighted by Crippen LogP contribution is 2.12. The average Bonchev–Trinajstić information content (AvgIpc) is 2.84. The van der Waals surface area contributed by atoms with Gasteiger partial charge in [0.25, 0.3) is 0 Å². The molecule has 1 heterocycles. The standard InChI is InChI=1S/C13H13N3O4/c1-7-3-4-8(2)9(5-7)10(17)6-19-13(18)11-12(14)16-20-15-11/h3-5H,6H2,1-2H3,(H2,14,16). The number of carbonyl (C=O) groups is 2. The maximum Gasteiger partial charge on any atom is 0.365 e. The van der Waals surface area contributed by atoms with Gasteiger partial charge in [-0.2, -0.15) is 0 Å². The van der Waals surface area contributed by atoms with Crippen LogP contribution in [0.5, 0.6) is 0 Å². The van der Waals surface area contributed by atoms with Gasteiger partial charge in [-0.15, -0.1) is 0 Å². The van der Waals surface area contributed by atoms with E-state index in [4.69, 9.17) is 10.5 Å². The zero-order valence-electron chi connectivity index (χ0n) is 11.0. The van der Waals surface area contributed by atoms with E-state index in [1.165, 1.54) is 0 Å². The minimum atomic E-state index is -0.845. The molecule has 0 bridgehead atoms. The number of hydrogen-bond donors (Lipinski definition) is 1. The number of nitrogens with zero attached hydrogens (tertiary/aromatic N) is 2. The van der Waals surface area contributed by atoms with Crippen molar-refractivity contribution in [3.8, 4) is 0 Å². The fourth-order valence-electron chi connectivity index (χ4n) is 1.65. The molecule has 2 N–H and O–H groups in total. The lowest BCUT2D eigenvalue weighted by molar-refractivity contribution is 0.0464. The number of aryl methyl sites for hydroxylation is 2. The van der Waals surface area contributed by atoms with Crippen molar-refractivity contribution >= 4 is 17.6 Å². The van der Waals surface area contributed by atoms with Crippen LogP contribution in [0.4, 0.5) is 5.82 Å². The van der Waals surface area contributed by atoms with Crippen LogP contribution in [0, 0.1) is 13.8 Å². The molecule has 20 heavy (non-hydrogen) atoms. The number of benzene rings is 1. The van der Waals surface area contributed by atoms with Gasteiger partial charge in [-0.25, -0.2) is 9.42 Å². The van der Waals surface area contributed by atoms with Crippen molar-refractivity contribution in [2.24, 2.45) is 0 Å². The number of Topliss-reactive ketones (excluding diaryl/α,β-unsaturated/α-hetero) is 1. The monoisotopic (exact) mass is 275 g/mol. The van der Waals surface area contributed by atoms with E-state index in [1.807, 2.05) is 26.0 Å². The topological polar surface area (TPSA) is 108 Å². The Hall–Kier alpha value is -2.70. The van der Waals surface area contributed by atoms with Gasteiger partial charge in [-0.1, -0.05) is 17.7 Å². The minimum Gasteiger partial charge on any atom is -0.452 e. The number of ether oxygens (including phenoxy) is 1. The summed E-state index contributed by atoms with van der Waals surface area (Å²) in [6.45, 7) is 3.30. The number of hydrogen-bond acceptors (Lipinski definition) is 7. The van der Waals surface area contributed by atoms with Crippen LogP contribution in [0.1, 0.15) is 32.0 Å². The normalized spacial score (nSPS) is 10.3. The number of carbonyl (C=O) groups excluding carboxylic acids is 2. The zero-order valence-corrected chi connectivity index (χ0v) is 11.0. The Kier molecular flexibility index (Phi) is 3.79. The van der Waals surface area contributed by atoms with Crippen molar-refractivity contribution in [3.63, 3.8) is 0 Å². The summed E-state index contributed by atoms with van der Waals surface area (Å²) in [5, 5.41) is 6.56. The molecule has 0 aliphatic carbocycles. The van der Waals surface area contributed by atoms with Gasteiger partial charge in [-0.05, 0) is 35.8 Å². The highest BCUT2D eigenvalue weighted by Gasteiger charge is 2.19. The van der Waals surface area contributed by atoms with Crippen LogP contribution in [0.2, 0.25) is 0 Å². The Morgan fingerprint density at radius 2 is 2.05 bits per heavy atom. The molecule has 0 saturated carbocycles. The molecule has 0 spiro atoms. The molecule has 1 aromatic heterocycles. The molecular weight excluding hydrogens is 262 g/mol. The van der Waals surface area contributed by atoms with Crippen LogP contribution >= 0.6 is 0 Å². The number of ketones is 1. The Bertz CT molecular complexity index is 663. The van der Waals surface area contributed by atoms with Gasteiger partial charge in [0.1, 0.15) is 0 Å². The van der Waals surface area contributed by atoms with Crippen LogP contribution in [-0.2, 0) is 4.74 Å². The van der Waals surface area contributed by atoms with Crippen molar-refractivity contribution in [1.29, 1.82) is 0 Å². The first-order valence-electron chi connectivity index (χ1n) is 5.84. The largest absolute Gasteiger partial charge is 0.452 e. The van der Waals surface area contributed by atoms with Crippen molar-refractivity contribution in [2.75, 3.05) is 12.3 Å². The van der Waals surface area contributed by atoms with Crippen LogP contribution < -0.4 is 5.73 Å². The van der Waals surface area contributed by atoms with Crippen molar-refractivity contribution in [1.82, 2.24) is 10.3 Å². The van der Waals surface area contributed by atoms with Gasteiger partial charge in [0.15, 0.2) is 6.61 Å². The SMILES string of the molecule is Cc1ccc(C)c(C(=O)COC(=O)c2nonc2N)c1. The van der Waals surface area contributed by atoms with Gasteiger partial charge in [0, 0.05) is 5.56 Å². The fourth-order valence-corrected chi connectivity index (χ4v) is 1.65. The number of aromatic nitrogens is 2. The lowest BCUT2D eigenvalue weighted by Gasteiger charge is -2.06. The first kappa shape index (κ1) is 13.7. The molecule has 1 aromatic carbocycles. The predicted molar refractivity (Wildman–Crippen MR) is 69.2 cm³/mol. The molecule has 0 fully saturated rings. The maximum atomic E-state index is 12.0. The average molecular weight is 275 g/mol. The third-order valence-corrected chi connectivity index (χ3v) is 2.74. The molecule has 104 valence electrons. The van der Waals surface area contributed by atoms with E-state index in [-0.39, 0.29) is 17.3 Å². The third-order valence-electron chi connectivity index (χ3n) is 2.74. The van der Waals surface area contributed by atoms with Crippen molar-refractivity contribution in [2.45, 2.75) is 13.8 Å². The van der Waals surface area contributed by atoms with Crippen LogP contribution in [0.3, 0.4) is 0 Å². The minimum absolute atomic E-state index is 0.172. The molecule has 2 rings (SSSR count). The van der Waals surface area contributed by atoms with E-state index in [0.717, 1.165) is 11.1 Å². The number of rotatable bonds is 4. The highest BCUT2D eigenvalue weighted by molar-refractivity contribution is 6.00. The van der Waals surface area contributed by atoms with E-state index < -0.39 is 12.6 Å². The summed E-state index contributed by atoms with van der Waals surface area (Å²) in [5.41, 5.74) is 7.40. The second kappa shape index (κ2) is 5.52. The number of anilines is 1. The summed E-state index contributed by atoms with van der Waals surface area (Å²) in [5.74, 6) is -1.31. The molecule has 0 amide bonds. The molecule has 0 aliphatic heterocycles. The smallest absolute Gasteiger partial charge is 0.365 e. The van der Waals surface area contributed by atoms with Gasteiger partial charge in [-0.3, -0.25) is 4.79 Å². The van der Waals surface area contributed by atoms with Crippen molar-refractivity contribution < 1.29 is 19.0 Å². The Morgan fingerprint density at radius 3 is 2.70 bits per heavy atom. The second-order valence-electron chi connectivity index (χ2n) is 4.32. The summed E-state index contributed by atoms with van der Waals surface area (Å²) in [7, 11) is 0. The van der Waals surface area contributed by atoms with E-state index in [2.05, 4.69) is 14.9 Å². The summed E-state index contributed by atoms with van der Waals surface area (Å²) < 4.78 is 9.13. The van der Waals surface area contributed by atoms with E-state index in [0.29, 0.717) is 5.56 Å². The van der Waals surface area contributed by atoms with E-state index in [9.17, 15) is 9.59 Å². The highest BCUT2D eigenvalue weighted by atomic mass is 16.6. The predicted octanol–water partition coefficient (Wildman–Crippen LogP) is 1.31. The molecule has 7 nitrogen and oxygen atoms in total. The number of esters is 1. The maximum absolute atomic E-state index is 12.0. The first-order valence-corrected chi connectivity index (χ1v) is 5.84. The lowest BCUT2D eigenvalue weighted by Crippen LogP contribution is -2.16. The van der Waals surface area contributed by atoms with Gasteiger partial charge in [0.2, 0.25) is 17.3 Å². The molecule has 0 unspecified atom stereocenters. The number of nitrogens with two attached hydrogens (primary N) is 1. The summed E-state index contributed by atoms with van der Waals surface area (Å²) >= 11 is 0. The first-order chi connectivity index (χ1) is 9.49. The quantitative estimate of drug-likeness (QED) is 0.661. The fraction of sp³-hybridized carbons (Fsp3) is 0.231.